The summed E-state index contributed by atoms with van der Waals surface area (Å²) in [6.45, 7) is 6.42. The molecule has 0 nitrogen and oxygen atoms in total. The van der Waals surface area contributed by atoms with Crippen LogP contribution in [0, 0.1) is 13.8 Å². The first-order valence-electron chi connectivity index (χ1n) is 4.93. The maximum absolute atomic E-state index is 6.21. The number of hydrogen-bond acceptors (Lipinski definition) is 1. The Labute approximate surface area is 97.1 Å². The molecular formula is C12H17ClS. The Bertz CT molecular complexity index is 320. The van der Waals surface area contributed by atoms with Gasteiger partial charge >= 0.3 is 0 Å². The van der Waals surface area contributed by atoms with Gasteiger partial charge in [-0.1, -0.05) is 24.6 Å². The minimum Gasteiger partial charge on any atom is -0.179 e. The van der Waals surface area contributed by atoms with Crippen molar-refractivity contribution >= 4 is 24.2 Å². The van der Waals surface area contributed by atoms with E-state index in [0.29, 0.717) is 5.92 Å². The van der Waals surface area contributed by atoms with Crippen LogP contribution in [0.5, 0.6) is 0 Å². The standard InChI is InChI=1S/C12H17ClS/c1-8(4-5-14)11-6-9(2)10(3)7-12(11)13/h6-8,14H,4-5H2,1-3H3. The molecular weight excluding hydrogens is 212 g/mol. The lowest BCUT2D eigenvalue weighted by atomic mass is 9.95. The Morgan fingerprint density at radius 3 is 2.43 bits per heavy atom. The maximum atomic E-state index is 6.21. The topological polar surface area (TPSA) is 0 Å². The lowest BCUT2D eigenvalue weighted by Crippen LogP contribution is -1.97. The van der Waals surface area contributed by atoms with Crippen molar-refractivity contribution in [2.45, 2.75) is 33.1 Å². The van der Waals surface area contributed by atoms with Gasteiger partial charge in [0.1, 0.15) is 0 Å². The van der Waals surface area contributed by atoms with E-state index in [2.05, 4.69) is 45.5 Å². The summed E-state index contributed by atoms with van der Waals surface area (Å²) in [5, 5.41) is 0.891. The zero-order valence-corrected chi connectivity index (χ0v) is 10.6. The van der Waals surface area contributed by atoms with E-state index in [0.717, 1.165) is 17.2 Å². The molecule has 0 aliphatic heterocycles. The van der Waals surface area contributed by atoms with E-state index < -0.39 is 0 Å². The first-order valence-corrected chi connectivity index (χ1v) is 5.94. The molecule has 0 N–H and O–H groups in total. The predicted octanol–water partition coefficient (Wildman–Crippen LogP) is 4.38. The van der Waals surface area contributed by atoms with Gasteiger partial charge in [0.05, 0.1) is 0 Å². The van der Waals surface area contributed by atoms with Gasteiger partial charge in [0, 0.05) is 5.02 Å². The van der Waals surface area contributed by atoms with Crippen LogP contribution >= 0.6 is 24.2 Å². The number of rotatable bonds is 3. The normalized spacial score (nSPS) is 12.9. The van der Waals surface area contributed by atoms with Crippen molar-refractivity contribution in [3.63, 3.8) is 0 Å². The number of hydrogen-bond donors (Lipinski definition) is 1. The summed E-state index contributed by atoms with van der Waals surface area (Å²) in [5.41, 5.74) is 3.83. The van der Waals surface area contributed by atoms with E-state index in [1.165, 1.54) is 16.7 Å². The van der Waals surface area contributed by atoms with Crippen molar-refractivity contribution in [3.8, 4) is 0 Å². The van der Waals surface area contributed by atoms with Crippen molar-refractivity contribution in [1.82, 2.24) is 0 Å². The predicted molar refractivity (Wildman–Crippen MR) is 67.8 cm³/mol. The molecule has 0 fully saturated rings. The highest BCUT2D eigenvalue weighted by Crippen LogP contribution is 2.29. The first-order chi connectivity index (χ1) is 6.56. The Balaban J connectivity index is 3.02. The van der Waals surface area contributed by atoms with Crippen molar-refractivity contribution in [1.29, 1.82) is 0 Å². The molecule has 0 aliphatic rings. The Morgan fingerprint density at radius 1 is 1.29 bits per heavy atom. The molecule has 0 saturated carbocycles. The summed E-state index contributed by atoms with van der Waals surface area (Å²) >= 11 is 10.5. The molecule has 1 aromatic rings. The fraction of sp³-hybridized carbons (Fsp3) is 0.500. The third-order valence-electron chi connectivity index (χ3n) is 2.71. The molecule has 0 heterocycles. The van der Waals surface area contributed by atoms with Crippen molar-refractivity contribution in [2.24, 2.45) is 0 Å². The third kappa shape index (κ3) is 2.68. The van der Waals surface area contributed by atoms with Crippen LogP contribution in [0.15, 0.2) is 12.1 Å². The van der Waals surface area contributed by atoms with Gasteiger partial charge in [-0.3, -0.25) is 0 Å². The van der Waals surface area contributed by atoms with Crippen LogP contribution in [0.4, 0.5) is 0 Å². The molecule has 1 rings (SSSR count). The molecule has 1 atom stereocenters. The van der Waals surface area contributed by atoms with Gasteiger partial charge in [-0.05, 0) is 54.7 Å². The van der Waals surface area contributed by atoms with Crippen LogP contribution in [-0.2, 0) is 0 Å². The summed E-state index contributed by atoms with van der Waals surface area (Å²) in [6, 6.07) is 4.26. The average molecular weight is 229 g/mol. The van der Waals surface area contributed by atoms with Gasteiger partial charge < -0.3 is 0 Å². The second-order valence-electron chi connectivity index (χ2n) is 3.87. The lowest BCUT2D eigenvalue weighted by Gasteiger charge is -2.14. The molecule has 2 heteroatoms. The second-order valence-corrected chi connectivity index (χ2v) is 4.73. The maximum Gasteiger partial charge on any atom is 0.0443 e. The minimum absolute atomic E-state index is 0.499. The second kappa shape index (κ2) is 5.09. The van der Waals surface area contributed by atoms with Gasteiger partial charge in [-0.25, -0.2) is 0 Å². The smallest absolute Gasteiger partial charge is 0.0443 e. The van der Waals surface area contributed by atoms with Crippen molar-refractivity contribution in [2.75, 3.05) is 5.75 Å². The molecule has 0 spiro atoms. The zero-order valence-electron chi connectivity index (χ0n) is 8.97. The van der Waals surface area contributed by atoms with Gasteiger partial charge in [-0.15, -0.1) is 0 Å². The monoisotopic (exact) mass is 228 g/mol. The molecule has 0 bridgehead atoms. The van der Waals surface area contributed by atoms with E-state index in [1.807, 2.05) is 0 Å². The molecule has 0 aliphatic carbocycles. The molecule has 0 aromatic heterocycles. The molecule has 0 radical (unpaired) electrons. The lowest BCUT2D eigenvalue weighted by molar-refractivity contribution is 0.741. The summed E-state index contributed by atoms with van der Waals surface area (Å²) in [4.78, 5) is 0. The van der Waals surface area contributed by atoms with Crippen molar-refractivity contribution < 1.29 is 0 Å². The minimum atomic E-state index is 0.499. The van der Waals surface area contributed by atoms with E-state index in [9.17, 15) is 0 Å². The quantitative estimate of drug-likeness (QED) is 0.730. The molecule has 1 aromatic carbocycles. The fourth-order valence-electron chi connectivity index (χ4n) is 1.53. The first kappa shape index (κ1) is 11.9. The van der Waals surface area contributed by atoms with Crippen LogP contribution in [0.2, 0.25) is 5.02 Å². The summed E-state index contributed by atoms with van der Waals surface area (Å²) in [5.74, 6) is 1.41. The number of aryl methyl sites for hydroxylation is 2. The summed E-state index contributed by atoms with van der Waals surface area (Å²) in [6.07, 6.45) is 1.07. The largest absolute Gasteiger partial charge is 0.179 e. The zero-order chi connectivity index (χ0) is 10.7. The van der Waals surface area contributed by atoms with E-state index in [4.69, 9.17) is 11.6 Å². The van der Waals surface area contributed by atoms with Gasteiger partial charge in [0.25, 0.3) is 0 Å². The molecule has 14 heavy (non-hydrogen) atoms. The van der Waals surface area contributed by atoms with E-state index >= 15 is 0 Å². The Kier molecular flexibility index (Phi) is 4.33. The number of thiol groups is 1. The van der Waals surface area contributed by atoms with E-state index in [-0.39, 0.29) is 0 Å². The Morgan fingerprint density at radius 2 is 1.86 bits per heavy atom. The molecule has 78 valence electrons. The van der Waals surface area contributed by atoms with E-state index in [1.54, 1.807) is 0 Å². The van der Waals surface area contributed by atoms with Crippen LogP contribution in [-0.4, -0.2) is 5.75 Å². The summed E-state index contributed by atoms with van der Waals surface area (Å²) < 4.78 is 0. The highest BCUT2D eigenvalue weighted by atomic mass is 35.5. The van der Waals surface area contributed by atoms with Gasteiger partial charge in [-0.2, -0.15) is 12.6 Å². The van der Waals surface area contributed by atoms with Crippen LogP contribution < -0.4 is 0 Å². The van der Waals surface area contributed by atoms with Crippen LogP contribution in [0.1, 0.15) is 36.0 Å². The van der Waals surface area contributed by atoms with Gasteiger partial charge in [0.2, 0.25) is 0 Å². The fourth-order valence-corrected chi connectivity index (χ4v) is 2.32. The average Bonchev–Trinajstić information content (AvgIpc) is 2.11. The van der Waals surface area contributed by atoms with Crippen LogP contribution in [0.25, 0.3) is 0 Å². The third-order valence-corrected chi connectivity index (χ3v) is 3.29. The highest BCUT2D eigenvalue weighted by molar-refractivity contribution is 7.80. The Hall–Kier alpha value is -0.140. The molecule has 0 amide bonds. The SMILES string of the molecule is Cc1cc(Cl)c(C(C)CCS)cc1C. The number of benzene rings is 1. The van der Waals surface area contributed by atoms with Crippen molar-refractivity contribution in [3.05, 3.63) is 33.8 Å². The highest BCUT2D eigenvalue weighted by Gasteiger charge is 2.10. The van der Waals surface area contributed by atoms with Gasteiger partial charge in [0.15, 0.2) is 0 Å². The summed E-state index contributed by atoms with van der Waals surface area (Å²) in [7, 11) is 0. The van der Waals surface area contributed by atoms with Crippen LogP contribution in [0.3, 0.4) is 0 Å². The molecule has 1 unspecified atom stereocenters. The molecule has 0 saturated heterocycles. The number of halogens is 1.